The van der Waals surface area contributed by atoms with Crippen LogP contribution >= 0.6 is 0 Å². The number of rotatable bonds is 9. The van der Waals surface area contributed by atoms with Crippen LogP contribution in [0.3, 0.4) is 0 Å². The van der Waals surface area contributed by atoms with Gasteiger partial charge in [0.1, 0.15) is 25.7 Å². The maximum Gasteiger partial charge on any atom is 0.338 e. The molecule has 2 rings (SSSR count). The van der Waals surface area contributed by atoms with E-state index in [4.69, 9.17) is 9.47 Å². The maximum atomic E-state index is 12.1. The van der Waals surface area contributed by atoms with Gasteiger partial charge in [0.2, 0.25) is 5.91 Å². The molecule has 1 aliphatic heterocycles. The highest BCUT2D eigenvalue weighted by molar-refractivity contribution is 5.92. The fourth-order valence-corrected chi connectivity index (χ4v) is 2.85. The zero-order valence-electron chi connectivity index (χ0n) is 16.6. The molecule has 154 valence electrons. The predicted molar refractivity (Wildman–Crippen MR) is 103 cm³/mol. The minimum Gasteiger partial charge on any atom is -0.452 e. The Bertz CT molecular complexity index is 656. The molecule has 1 atom stereocenters. The molecular weight excluding hydrogens is 362 g/mol. The first-order valence-corrected chi connectivity index (χ1v) is 9.74. The molecule has 0 saturated carbocycles. The molecule has 0 bridgehead atoms. The van der Waals surface area contributed by atoms with Gasteiger partial charge >= 0.3 is 5.97 Å². The second-order valence-corrected chi connectivity index (χ2v) is 6.89. The average molecular weight is 392 g/mol. The van der Waals surface area contributed by atoms with Crippen LogP contribution in [0.5, 0.6) is 0 Å². The lowest BCUT2D eigenvalue weighted by Crippen LogP contribution is -3.12. The fourth-order valence-electron chi connectivity index (χ4n) is 2.85. The lowest BCUT2D eigenvalue weighted by molar-refractivity contribution is -0.921. The highest BCUT2D eigenvalue weighted by Gasteiger charge is 2.17. The number of nitrogens with one attached hydrogen (secondary N) is 3. The molecule has 1 aliphatic rings. The molecule has 1 aromatic rings. The Morgan fingerprint density at radius 3 is 2.50 bits per heavy atom. The Morgan fingerprint density at radius 2 is 1.86 bits per heavy atom. The molecule has 3 N–H and O–H groups in total. The van der Waals surface area contributed by atoms with Crippen molar-refractivity contribution in [3.63, 3.8) is 0 Å². The number of carbonyl (C=O) groups is 3. The predicted octanol–water partition coefficient (Wildman–Crippen LogP) is -0.711. The number of amides is 2. The van der Waals surface area contributed by atoms with Gasteiger partial charge in [-0.3, -0.25) is 9.59 Å². The SMILES string of the molecule is CCCNC(=O)[C@H](C)NC(=O)COC(=O)c1ccc(C[NH+]2CCOCC2)cc1. The van der Waals surface area contributed by atoms with Crippen LogP contribution in [-0.4, -0.2) is 63.3 Å². The molecule has 8 heteroatoms. The monoisotopic (exact) mass is 392 g/mol. The Hall–Kier alpha value is -2.45. The number of hydrogen-bond donors (Lipinski definition) is 3. The van der Waals surface area contributed by atoms with Gasteiger partial charge in [-0.15, -0.1) is 0 Å². The van der Waals surface area contributed by atoms with Crippen molar-refractivity contribution in [2.45, 2.75) is 32.9 Å². The van der Waals surface area contributed by atoms with E-state index in [2.05, 4.69) is 10.6 Å². The molecule has 8 nitrogen and oxygen atoms in total. The first-order valence-electron chi connectivity index (χ1n) is 9.74. The third-order valence-corrected chi connectivity index (χ3v) is 4.50. The van der Waals surface area contributed by atoms with E-state index in [0.29, 0.717) is 12.1 Å². The summed E-state index contributed by atoms with van der Waals surface area (Å²) in [6.45, 7) is 8.06. The van der Waals surface area contributed by atoms with Crippen LogP contribution in [0.4, 0.5) is 0 Å². The minimum atomic E-state index is -0.681. The Labute approximate surface area is 165 Å². The van der Waals surface area contributed by atoms with Gasteiger partial charge in [0, 0.05) is 12.1 Å². The summed E-state index contributed by atoms with van der Waals surface area (Å²) in [6.07, 6.45) is 0.816. The Morgan fingerprint density at radius 1 is 1.18 bits per heavy atom. The lowest BCUT2D eigenvalue weighted by atomic mass is 10.1. The van der Waals surface area contributed by atoms with Crippen molar-refractivity contribution in [1.82, 2.24) is 10.6 Å². The molecule has 0 aromatic heterocycles. The van der Waals surface area contributed by atoms with Gasteiger partial charge in [-0.05, 0) is 25.5 Å². The molecule has 0 unspecified atom stereocenters. The second kappa shape index (κ2) is 11.4. The second-order valence-electron chi connectivity index (χ2n) is 6.89. The molecule has 1 heterocycles. The van der Waals surface area contributed by atoms with Gasteiger partial charge in [-0.1, -0.05) is 19.1 Å². The number of esters is 1. The standard InChI is InChI=1S/C20H29N3O5/c1-3-8-21-19(25)15(2)22-18(24)14-28-20(26)17-6-4-16(5-7-17)13-23-9-11-27-12-10-23/h4-7,15H,3,8-14H2,1-2H3,(H,21,25)(H,22,24)/p+1/t15-/m0/s1. The number of ether oxygens (including phenoxy) is 2. The Balaban J connectivity index is 1.74. The fraction of sp³-hybridized carbons (Fsp3) is 0.550. The van der Waals surface area contributed by atoms with Gasteiger partial charge in [0.15, 0.2) is 6.61 Å². The molecule has 0 radical (unpaired) electrons. The van der Waals surface area contributed by atoms with Crippen molar-refractivity contribution in [2.75, 3.05) is 39.5 Å². The summed E-state index contributed by atoms with van der Waals surface area (Å²) in [5.74, 6) is -1.34. The van der Waals surface area contributed by atoms with E-state index in [1.165, 1.54) is 4.90 Å². The van der Waals surface area contributed by atoms with Gasteiger partial charge in [0.05, 0.1) is 18.8 Å². The summed E-state index contributed by atoms with van der Waals surface area (Å²) in [5.41, 5.74) is 1.53. The molecule has 1 fully saturated rings. The van der Waals surface area contributed by atoms with E-state index >= 15 is 0 Å². The Kier molecular flexibility index (Phi) is 8.90. The van der Waals surface area contributed by atoms with Crippen LogP contribution in [0.1, 0.15) is 36.2 Å². The number of morpholine rings is 1. The summed E-state index contributed by atoms with van der Waals surface area (Å²) in [5, 5.41) is 5.20. The van der Waals surface area contributed by atoms with E-state index < -0.39 is 24.5 Å². The summed E-state index contributed by atoms with van der Waals surface area (Å²) in [6, 6.07) is 6.53. The van der Waals surface area contributed by atoms with Crippen LogP contribution < -0.4 is 15.5 Å². The van der Waals surface area contributed by atoms with Crippen molar-refractivity contribution in [1.29, 1.82) is 0 Å². The minimum absolute atomic E-state index is 0.264. The van der Waals surface area contributed by atoms with E-state index in [-0.39, 0.29) is 5.91 Å². The molecule has 0 aliphatic carbocycles. The first-order chi connectivity index (χ1) is 13.5. The number of quaternary nitrogens is 1. The maximum absolute atomic E-state index is 12.1. The zero-order valence-corrected chi connectivity index (χ0v) is 16.6. The zero-order chi connectivity index (χ0) is 20.4. The molecule has 0 spiro atoms. The molecular formula is C20H30N3O5+. The van der Waals surface area contributed by atoms with Crippen molar-refractivity contribution in [3.05, 3.63) is 35.4 Å². The molecule has 2 amide bonds. The summed E-state index contributed by atoms with van der Waals surface area (Å²) in [4.78, 5) is 37.2. The largest absolute Gasteiger partial charge is 0.452 e. The van der Waals surface area contributed by atoms with E-state index in [1.807, 2.05) is 19.1 Å². The third kappa shape index (κ3) is 7.28. The van der Waals surface area contributed by atoms with E-state index in [1.54, 1.807) is 19.1 Å². The normalized spacial score (nSPS) is 15.5. The van der Waals surface area contributed by atoms with Gasteiger partial charge in [-0.25, -0.2) is 4.79 Å². The van der Waals surface area contributed by atoms with Crippen molar-refractivity contribution < 1.29 is 28.8 Å². The molecule has 1 saturated heterocycles. The summed E-state index contributed by atoms with van der Waals surface area (Å²) >= 11 is 0. The van der Waals surface area contributed by atoms with Crippen LogP contribution in [-0.2, 0) is 25.6 Å². The topological polar surface area (TPSA) is 98.2 Å². The third-order valence-electron chi connectivity index (χ3n) is 4.50. The smallest absolute Gasteiger partial charge is 0.338 e. The lowest BCUT2D eigenvalue weighted by Gasteiger charge is -2.23. The first kappa shape index (κ1) is 21.8. The molecule has 28 heavy (non-hydrogen) atoms. The van der Waals surface area contributed by atoms with Crippen LogP contribution in [0.15, 0.2) is 24.3 Å². The van der Waals surface area contributed by atoms with E-state index in [0.717, 1.165) is 44.8 Å². The van der Waals surface area contributed by atoms with Gasteiger partial charge in [-0.2, -0.15) is 0 Å². The summed E-state index contributed by atoms with van der Waals surface area (Å²) < 4.78 is 10.4. The van der Waals surface area contributed by atoms with Gasteiger partial charge in [0.25, 0.3) is 5.91 Å². The quantitative estimate of drug-likeness (QED) is 0.483. The highest BCUT2D eigenvalue weighted by Crippen LogP contribution is 2.05. The number of benzene rings is 1. The van der Waals surface area contributed by atoms with Crippen molar-refractivity contribution in [3.8, 4) is 0 Å². The number of carbonyl (C=O) groups excluding carboxylic acids is 3. The van der Waals surface area contributed by atoms with Crippen LogP contribution in [0, 0.1) is 0 Å². The number of hydrogen-bond acceptors (Lipinski definition) is 5. The summed E-state index contributed by atoms with van der Waals surface area (Å²) in [7, 11) is 0. The average Bonchev–Trinajstić information content (AvgIpc) is 2.71. The molecule has 1 aromatic carbocycles. The van der Waals surface area contributed by atoms with Crippen molar-refractivity contribution in [2.24, 2.45) is 0 Å². The highest BCUT2D eigenvalue weighted by atomic mass is 16.5. The van der Waals surface area contributed by atoms with Crippen molar-refractivity contribution >= 4 is 17.8 Å². The van der Waals surface area contributed by atoms with Crippen LogP contribution in [0.2, 0.25) is 0 Å². The van der Waals surface area contributed by atoms with Gasteiger partial charge < -0.3 is 25.0 Å². The van der Waals surface area contributed by atoms with E-state index in [9.17, 15) is 14.4 Å². The van der Waals surface area contributed by atoms with Crippen LogP contribution in [0.25, 0.3) is 0 Å².